The molecule has 6 heteroatoms. The van der Waals surface area contributed by atoms with Gasteiger partial charge in [-0.25, -0.2) is 4.39 Å². The van der Waals surface area contributed by atoms with E-state index in [1.165, 1.54) is 12.1 Å². The molecule has 2 aromatic rings. The van der Waals surface area contributed by atoms with Gasteiger partial charge in [0.15, 0.2) is 0 Å². The molecule has 0 bridgehead atoms. The highest BCUT2D eigenvalue weighted by molar-refractivity contribution is 7.84. The fourth-order valence-electron chi connectivity index (χ4n) is 1.51. The van der Waals surface area contributed by atoms with Crippen LogP contribution in [0.25, 0.3) is 0 Å². The average Bonchev–Trinajstić information content (AvgIpc) is 2.37. The lowest BCUT2D eigenvalue weighted by Crippen LogP contribution is -1.99. The molecule has 19 heavy (non-hydrogen) atoms. The van der Waals surface area contributed by atoms with Crippen molar-refractivity contribution in [3.63, 3.8) is 0 Å². The molecule has 0 radical (unpaired) electrons. The van der Waals surface area contributed by atoms with Gasteiger partial charge in [0, 0.05) is 4.90 Å². The second-order valence-corrected chi connectivity index (χ2v) is 6.19. The van der Waals surface area contributed by atoms with Gasteiger partial charge in [-0.3, -0.25) is 4.21 Å². The summed E-state index contributed by atoms with van der Waals surface area (Å²) in [6.07, 6.45) is 0. The summed E-state index contributed by atoms with van der Waals surface area (Å²) in [5.74, 6) is -0.321. The second-order valence-electron chi connectivity index (χ2n) is 3.92. The zero-order valence-corrected chi connectivity index (χ0v) is 12.0. The molecule has 2 N–H and O–H groups in total. The minimum Gasteiger partial charge on any atom is -0.396 e. The van der Waals surface area contributed by atoms with Crippen molar-refractivity contribution >= 4 is 39.7 Å². The number of nitrogens with two attached hydrogens (primary N) is 1. The Hall–Kier alpha value is -1.10. The molecule has 100 valence electrons. The van der Waals surface area contributed by atoms with E-state index in [-0.39, 0.29) is 11.4 Å². The molecule has 2 rings (SSSR count). The van der Waals surface area contributed by atoms with E-state index in [1.54, 1.807) is 24.3 Å². The predicted octanol–water partition coefficient (Wildman–Crippen LogP) is 4.02. The highest BCUT2D eigenvalue weighted by atomic mass is 35.5. The SMILES string of the molecule is Nc1ccc(CS(=O)c2ccc(Cl)c(Cl)c2)cc1F. The van der Waals surface area contributed by atoms with Crippen LogP contribution in [0.5, 0.6) is 0 Å². The number of anilines is 1. The minimum atomic E-state index is -1.32. The monoisotopic (exact) mass is 317 g/mol. The van der Waals surface area contributed by atoms with E-state index in [0.29, 0.717) is 20.5 Å². The van der Waals surface area contributed by atoms with Crippen LogP contribution in [0.1, 0.15) is 5.56 Å². The number of hydrogen-bond acceptors (Lipinski definition) is 2. The van der Waals surface area contributed by atoms with Crippen molar-refractivity contribution in [3.05, 3.63) is 57.8 Å². The Balaban J connectivity index is 2.20. The molecule has 0 aliphatic heterocycles. The molecule has 0 fully saturated rings. The first-order valence-electron chi connectivity index (χ1n) is 5.34. The van der Waals surface area contributed by atoms with Crippen LogP contribution in [0.3, 0.4) is 0 Å². The Labute approximate surface area is 122 Å². The summed E-state index contributed by atoms with van der Waals surface area (Å²) in [6, 6.07) is 9.15. The number of halogens is 3. The molecule has 0 amide bonds. The number of rotatable bonds is 3. The summed E-state index contributed by atoms with van der Waals surface area (Å²) >= 11 is 11.7. The van der Waals surface area contributed by atoms with E-state index in [2.05, 4.69) is 0 Å². The minimum absolute atomic E-state index is 0.0732. The Morgan fingerprint density at radius 3 is 2.47 bits per heavy atom. The van der Waals surface area contributed by atoms with Crippen molar-refractivity contribution < 1.29 is 8.60 Å². The number of nitrogen functional groups attached to an aromatic ring is 1. The van der Waals surface area contributed by atoms with Crippen molar-refractivity contribution in [3.8, 4) is 0 Å². The molecule has 2 aromatic carbocycles. The van der Waals surface area contributed by atoms with E-state index >= 15 is 0 Å². The smallest absolute Gasteiger partial charge is 0.146 e. The van der Waals surface area contributed by atoms with Gasteiger partial charge in [-0.05, 0) is 35.9 Å². The fraction of sp³-hybridized carbons (Fsp3) is 0.0769. The first-order valence-corrected chi connectivity index (χ1v) is 7.42. The Kier molecular flexibility index (Phi) is 4.45. The summed E-state index contributed by atoms with van der Waals surface area (Å²) in [4.78, 5) is 0.548. The lowest BCUT2D eigenvalue weighted by atomic mass is 10.2. The van der Waals surface area contributed by atoms with Gasteiger partial charge in [0.2, 0.25) is 0 Å². The molecule has 0 aliphatic rings. The molecule has 0 aromatic heterocycles. The lowest BCUT2D eigenvalue weighted by Gasteiger charge is -2.05. The van der Waals surface area contributed by atoms with Crippen LogP contribution in [-0.2, 0) is 16.6 Å². The van der Waals surface area contributed by atoms with Gasteiger partial charge in [0.25, 0.3) is 0 Å². The van der Waals surface area contributed by atoms with Crippen LogP contribution in [0.2, 0.25) is 10.0 Å². The third kappa shape index (κ3) is 3.47. The van der Waals surface area contributed by atoms with Crippen LogP contribution >= 0.6 is 23.2 Å². The Morgan fingerprint density at radius 1 is 1.11 bits per heavy atom. The molecule has 0 aliphatic carbocycles. The Bertz CT molecular complexity index is 649. The molecule has 0 heterocycles. The molecule has 0 saturated heterocycles. The molecule has 1 unspecified atom stereocenters. The summed E-state index contributed by atoms with van der Waals surface area (Å²) in [5, 5.41) is 0.747. The quantitative estimate of drug-likeness (QED) is 0.869. The van der Waals surface area contributed by atoms with Gasteiger partial charge in [0.1, 0.15) is 5.82 Å². The molecule has 2 nitrogen and oxygen atoms in total. The van der Waals surface area contributed by atoms with E-state index in [1.807, 2.05) is 0 Å². The highest BCUT2D eigenvalue weighted by Crippen LogP contribution is 2.25. The summed E-state index contributed by atoms with van der Waals surface area (Å²) < 4.78 is 25.4. The van der Waals surface area contributed by atoms with Crippen molar-refractivity contribution in [2.24, 2.45) is 0 Å². The largest absolute Gasteiger partial charge is 0.396 e. The normalized spacial score (nSPS) is 12.4. The molecular weight excluding hydrogens is 308 g/mol. The van der Waals surface area contributed by atoms with Crippen LogP contribution < -0.4 is 5.73 Å². The van der Waals surface area contributed by atoms with E-state index in [4.69, 9.17) is 28.9 Å². The molecule has 0 saturated carbocycles. The van der Waals surface area contributed by atoms with Gasteiger partial charge in [0.05, 0.1) is 32.3 Å². The third-order valence-corrected chi connectivity index (χ3v) is 4.63. The van der Waals surface area contributed by atoms with Crippen LogP contribution in [0.15, 0.2) is 41.3 Å². The van der Waals surface area contributed by atoms with Gasteiger partial charge >= 0.3 is 0 Å². The molecule has 0 spiro atoms. The summed E-state index contributed by atoms with van der Waals surface area (Å²) in [5.41, 5.74) is 6.06. The van der Waals surface area contributed by atoms with Gasteiger partial charge < -0.3 is 5.73 Å². The molecule has 1 atom stereocenters. The van der Waals surface area contributed by atoms with E-state index < -0.39 is 16.6 Å². The third-order valence-electron chi connectivity index (χ3n) is 2.52. The van der Waals surface area contributed by atoms with Gasteiger partial charge in [-0.2, -0.15) is 0 Å². The van der Waals surface area contributed by atoms with Crippen LogP contribution in [0.4, 0.5) is 10.1 Å². The lowest BCUT2D eigenvalue weighted by molar-refractivity contribution is 0.631. The number of hydrogen-bond donors (Lipinski definition) is 1. The van der Waals surface area contributed by atoms with Crippen LogP contribution in [0, 0.1) is 5.82 Å². The standard InChI is InChI=1S/C13H10Cl2FNOS/c14-10-3-2-9(6-11(10)15)19(18)7-8-1-4-13(17)12(16)5-8/h1-6H,7,17H2. The van der Waals surface area contributed by atoms with Crippen molar-refractivity contribution in [1.82, 2.24) is 0 Å². The van der Waals surface area contributed by atoms with E-state index in [0.717, 1.165) is 0 Å². The summed E-state index contributed by atoms with van der Waals surface area (Å²) in [7, 11) is -1.32. The molecular formula is C13H10Cl2FNOS. The average molecular weight is 318 g/mol. The maximum atomic E-state index is 13.3. The first kappa shape index (κ1) is 14.3. The van der Waals surface area contributed by atoms with Crippen molar-refractivity contribution in [2.45, 2.75) is 10.6 Å². The summed E-state index contributed by atoms with van der Waals surface area (Å²) in [6.45, 7) is 0. The van der Waals surface area contributed by atoms with E-state index in [9.17, 15) is 8.60 Å². The topological polar surface area (TPSA) is 43.1 Å². The van der Waals surface area contributed by atoms with Crippen LogP contribution in [-0.4, -0.2) is 4.21 Å². The zero-order chi connectivity index (χ0) is 14.0. The fourth-order valence-corrected chi connectivity index (χ4v) is 2.99. The predicted molar refractivity (Wildman–Crippen MR) is 77.4 cm³/mol. The maximum Gasteiger partial charge on any atom is 0.146 e. The highest BCUT2D eigenvalue weighted by Gasteiger charge is 2.09. The van der Waals surface area contributed by atoms with Crippen molar-refractivity contribution in [1.29, 1.82) is 0 Å². The second kappa shape index (κ2) is 5.90. The van der Waals surface area contributed by atoms with Gasteiger partial charge in [-0.1, -0.05) is 29.3 Å². The number of benzene rings is 2. The van der Waals surface area contributed by atoms with Gasteiger partial charge in [-0.15, -0.1) is 0 Å². The zero-order valence-electron chi connectivity index (χ0n) is 9.70. The maximum absolute atomic E-state index is 13.3. The Morgan fingerprint density at radius 2 is 1.84 bits per heavy atom. The van der Waals surface area contributed by atoms with Crippen molar-refractivity contribution in [2.75, 3.05) is 5.73 Å². The first-order chi connectivity index (χ1) is 8.97.